The fourth-order valence-electron chi connectivity index (χ4n) is 2.81. The molecule has 4 rings (SSSR count). The molecule has 0 unspecified atom stereocenters. The Balaban J connectivity index is 1.86. The summed E-state index contributed by atoms with van der Waals surface area (Å²) in [5, 5.41) is 11.3. The molecule has 0 amide bonds. The van der Waals surface area contributed by atoms with Gasteiger partial charge in [-0.25, -0.2) is 4.63 Å². The molecule has 0 spiro atoms. The topological polar surface area (TPSA) is 77.0 Å². The van der Waals surface area contributed by atoms with Gasteiger partial charge in [-0.2, -0.15) is 0 Å². The fourth-order valence-corrected chi connectivity index (χ4v) is 2.81. The molecular formula is C19H16N4O. The zero-order valence-corrected chi connectivity index (χ0v) is 13.2. The number of aromatic nitrogens is 2. The van der Waals surface area contributed by atoms with Gasteiger partial charge in [0.15, 0.2) is 0 Å². The van der Waals surface area contributed by atoms with Gasteiger partial charge >= 0.3 is 0 Å². The third-order valence-electron chi connectivity index (χ3n) is 4.12. The standard InChI is InChI=1S/C19H16N4O/c1-21-15-8-4-13(5-9-15)17-11-10-16(18-19(17)23-24-22-18)12-2-6-14(20)7-3-12/h2-11,21H,20H2,1H3. The summed E-state index contributed by atoms with van der Waals surface area (Å²) >= 11 is 0. The molecule has 0 fully saturated rings. The van der Waals surface area contributed by atoms with Gasteiger partial charge in [-0.3, -0.25) is 0 Å². The van der Waals surface area contributed by atoms with Gasteiger partial charge in [-0.05, 0) is 45.7 Å². The van der Waals surface area contributed by atoms with Crippen molar-refractivity contribution in [1.82, 2.24) is 10.3 Å². The molecule has 5 nitrogen and oxygen atoms in total. The van der Waals surface area contributed by atoms with E-state index in [-0.39, 0.29) is 0 Å². The van der Waals surface area contributed by atoms with Crippen molar-refractivity contribution in [2.75, 3.05) is 18.1 Å². The lowest BCUT2D eigenvalue weighted by atomic mass is 9.97. The van der Waals surface area contributed by atoms with Crippen molar-refractivity contribution in [2.24, 2.45) is 0 Å². The Hall–Kier alpha value is -3.34. The highest BCUT2D eigenvalue weighted by atomic mass is 16.6. The Morgan fingerprint density at radius 2 is 1.25 bits per heavy atom. The van der Waals surface area contributed by atoms with Gasteiger partial charge in [0, 0.05) is 29.5 Å². The maximum absolute atomic E-state index is 5.77. The number of benzene rings is 3. The van der Waals surface area contributed by atoms with Crippen LogP contribution < -0.4 is 11.1 Å². The second kappa shape index (κ2) is 5.70. The summed E-state index contributed by atoms with van der Waals surface area (Å²) in [5.74, 6) is 0. The summed E-state index contributed by atoms with van der Waals surface area (Å²) in [5.41, 5.74) is 13.1. The van der Waals surface area contributed by atoms with Crippen LogP contribution in [0.1, 0.15) is 0 Å². The van der Waals surface area contributed by atoms with Gasteiger partial charge in [0.1, 0.15) is 11.0 Å². The summed E-state index contributed by atoms with van der Waals surface area (Å²) in [6, 6.07) is 20.0. The fraction of sp³-hybridized carbons (Fsp3) is 0.0526. The minimum atomic E-state index is 0.731. The minimum Gasteiger partial charge on any atom is -0.399 e. The van der Waals surface area contributed by atoms with Crippen LogP contribution >= 0.6 is 0 Å². The highest BCUT2D eigenvalue weighted by Gasteiger charge is 2.14. The van der Waals surface area contributed by atoms with Crippen LogP contribution in [0.4, 0.5) is 11.4 Å². The molecular weight excluding hydrogens is 300 g/mol. The summed E-state index contributed by atoms with van der Waals surface area (Å²) in [4.78, 5) is 0. The van der Waals surface area contributed by atoms with E-state index in [1.54, 1.807) is 0 Å². The van der Waals surface area contributed by atoms with E-state index in [0.29, 0.717) is 0 Å². The quantitative estimate of drug-likeness (QED) is 0.554. The average molecular weight is 316 g/mol. The van der Waals surface area contributed by atoms with Gasteiger partial charge in [0.25, 0.3) is 0 Å². The van der Waals surface area contributed by atoms with Crippen molar-refractivity contribution in [2.45, 2.75) is 0 Å². The Labute approximate surface area is 139 Å². The minimum absolute atomic E-state index is 0.731. The van der Waals surface area contributed by atoms with E-state index in [2.05, 4.69) is 27.8 Å². The van der Waals surface area contributed by atoms with Crippen molar-refractivity contribution < 1.29 is 4.63 Å². The molecule has 3 N–H and O–H groups in total. The van der Waals surface area contributed by atoms with Crippen LogP contribution in [0.15, 0.2) is 65.3 Å². The summed E-state index contributed by atoms with van der Waals surface area (Å²) in [6.07, 6.45) is 0. The number of fused-ring (bicyclic) bond motifs is 1. The van der Waals surface area contributed by atoms with Gasteiger partial charge in [0.2, 0.25) is 0 Å². The number of anilines is 2. The van der Waals surface area contributed by atoms with Crippen molar-refractivity contribution >= 4 is 22.4 Å². The summed E-state index contributed by atoms with van der Waals surface area (Å²) in [7, 11) is 1.90. The van der Waals surface area contributed by atoms with Crippen molar-refractivity contribution in [3.8, 4) is 22.3 Å². The zero-order chi connectivity index (χ0) is 16.5. The van der Waals surface area contributed by atoms with Crippen LogP contribution in [-0.2, 0) is 0 Å². The van der Waals surface area contributed by atoms with Crippen LogP contribution in [-0.4, -0.2) is 17.4 Å². The van der Waals surface area contributed by atoms with E-state index in [1.807, 2.05) is 55.6 Å². The molecule has 5 heteroatoms. The second-order valence-electron chi connectivity index (χ2n) is 5.57. The van der Waals surface area contributed by atoms with Crippen LogP contribution in [0.3, 0.4) is 0 Å². The Morgan fingerprint density at radius 1 is 0.750 bits per heavy atom. The lowest BCUT2D eigenvalue weighted by Crippen LogP contribution is -1.89. The SMILES string of the molecule is CNc1ccc(-c2ccc(-c3ccc(N)cc3)c3nonc23)cc1. The lowest BCUT2D eigenvalue weighted by Gasteiger charge is -2.07. The smallest absolute Gasteiger partial charge is 0.143 e. The maximum Gasteiger partial charge on any atom is 0.143 e. The molecule has 0 saturated carbocycles. The first-order valence-corrected chi connectivity index (χ1v) is 7.65. The molecule has 118 valence electrons. The molecule has 0 aliphatic carbocycles. The highest BCUT2D eigenvalue weighted by Crippen LogP contribution is 2.34. The maximum atomic E-state index is 5.77. The number of hydrogen-bond acceptors (Lipinski definition) is 5. The Bertz CT molecular complexity index is 988. The molecule has 0 aliphatic heterocycles. The summed E-state index contributed by atoms with van der Waals surface area (Å²) < 4.78 is 5.02. The van der Waals surface area contributed by atoms with Crippen LogP contribution in [0.5, 0.6) is 0 Å². The molecule has 3 aromatic carbocycles. The van der Waals surface area contributed by atoms with E-state index >= 15 is 0 Å². The first kappa shape index (κ1) is 14.3. The highest BCUT2D eigenvalue weighted by molar-refractivity contribution is 6.00. The molecule has 0 saturated heterocycles. The third-order valence-corrected chi connectivity index (χ3v) is 4.12. The van der Waals surface area contributed by atoms with E-state index in [4.69, 9.17) is 10.4 Å². The van der Waals surface area contributed by atoms with Crippen LogP contribution in [0.2, 0.25) is 0 Å². The predicted molar refractivity (Wildman–Crippen MR) is 96.6 cm³/mol. The Kier molecular flexibility index (Phi) is 3.39. The van der Waals surface area contributed by atoms with Crippen molar-refractivity contribution in [3.63, 3.8) is 0 Å². The van der Waals surface area contributed by atoms with Crippen LogP contribution in [0, 0.1) is 0 Å². The van der Waals surface area contributed by atoms with Crippen LogP contribution in [0.25, 0.3) is 33.3 Å². The normalized spacial score (nSPS) is 10.9. The summed E-state index contributed by atoms with van der Waals surface area (Å²) in [6.45, 7) is 0. The molecule has 1 aromatic heterocycles. The van der Waals surface area contributed by atoms with E-state index in [9.17, 15) is 0 Å². The second-order valence-corrected chi connectivity index (χ2v) is 5.57. The lowest BCUT2D eigenvalue weighted by molar-refractivity contribution is 0.315. The Morgan fingerprint density at radius 3 is 1.75 bits per heavy atom. The molecule has 4 aromatic rings. The van der Waals surface area contributed by atoms with Crippen molar-refractivity contribution in [1.29, 1.82) is 0 Å². The number of rotatable bonds is 3. The van der Waals surface area contributed by atoms with Gasteiger partial charge in [-0.15, -0.1) is 0 Å². The zero-order valence-electron chi connectivity index (χ0n) is 13.2. The molecule has 24 heavy (non-hydrogen) atoms. The van der Waals surface area contributed by atoms with Gasteiger partial charge in [-0.1, -0.05) is 36.4 Å². The number of nitrogen functional groups attached to an aromatic ring is 1. The first-order valence-electron chi connectivity index (χ1n) is 7.65. The largest absolute Gasteiger partial charge is 0.399 e. The monoisotopic (exact) mass is 316 g/mol. The van der Waals surface area contributed by atoms with E-state index in [1.165, 1.54) is 0 Å². The van der Waals surface area contributed by atoms with Crippen molar-refractivity contribution in [3.05, 3.63) is 60.7 Å². The molecule has 0 aliphatic rings. The average Bonchev–Trinajstić information content (AvgIpc) is 3.12. The van der Waals surface area contributed by atoms with E-state index in [0.717, 1.165) is 44.7 Å². The number of nitrogens with one attached hydrogen (secondary N) is 1. The number of hydrogen-bond donors (Lipinski definition) is 2. The predicted octanol–water partition coefficient (Wildman–Crippen LogP) is 4.18. The van der Waals surface area contributed by atoms with Gasteiger partial charge in [0.05, 0.1) is 0 Å². The number of nitrogens with two attached hydrogens (primary N) is 1. The van der Waals surface area contributed by atoms with Gasteiger partial charge < -0.3 is 11.1 Å². The molecule has 0 bridgehead atoms. The molecule has 0 atom stereocenters. The third kappa shape index (κ3) is 2.36. The molecule has 1 heterocycles. The first-order chi connectivity index (χ1) is 11.8. The molecule has 0 radical (unpaired) electrons. The number of nitrogens with zero attached hydrogens (tertiary/aromatic N) is 2. The van der Waals surface area contributed by atoms with E-state index < -0.39 is 0 Å².